The van der Waals surface area contributed by atoms with Gasteiger partial charge in [0, 0.05) is 12.1 Å². The summed E-state index contributed by atoms with van der Waals surface area (Å²) in [6.07, 6.45) is 6.78. The fourth-order valence-corrected chi connectivity index (χ4v) is 4.23. The van der Waals surface area contributed by atoms with Gasteiger partial charge in [0.25, 0.3) is 0 Å². The van der Waals surface area contributed by atoms with Gasteiger partial charge in [-0.15, -0.1) is 0 Å². The first kappa shape index (κ1) is 25.1. The summed E-state index contributed by atoms with van der Waals surface area (Å²) in [6.45, 7) is 0.700. The minimum absolute atomic E-state index is 0.0415. The Bertz CT molecular complexity index is 1270. The number of fused-ring (bicyclic) bond motifs is 1. The molecule has 8 nitrogen and oxygen atoms in total. The van der Waals surface area contributed by atoms with Crippen LogP contribution in [0.25, 0.3) is 10.9 Å². The third kappa shape index (κ3) is 5.65. The molecule has 2 heterocycles. The van der Waals surface area contributed by atoms with Crippen LogP contribution >= 0.6 is 23.2 Å². The van der Waals surface area contributed by atoms with Crippen LogP contribution < -0.4 is 15.4 Å². The summed E-state index contributed by atoms with van der Waals surface area (Å²) in [5, 5.41) is 15.3. The molecule has 1 fully saturated rings. The van der Waals surface area contributed by atoms with Crippen molar-refractivity contribution in [1.82, 2.24) is 14.9 Å². The molecule has 0 bridgehead atoms. The Morgan fingerprint density at radius 2 is 2.09 bits per heavy atom. The first-order valence-corrected chi connectivity index (χ1v) is 11.8. The fourth-order valence-electron chi connectivity index (χ4n) is 3.91. The molecular weight excluding hydrogens is 496 g/mol. The molecule has 4 rings (SSSR count). The molecule has 1 saturated heterocycles. The number of hydrogen-bond donors (Lipinski definition) is 3. The third-order valence-corrected chi connectivity index (χ3v) is 6.47. The lowest BCUT2D eigenvalue weighted by molar-refractivity contribution is -0.111. The lowest BCUT2D eigenvalue weighted by Gasteiger charge is -2.17. The number of aliphatic hydroxyl groups excluding tert-OH is 1. The second-order valence-corrected chi connectivity index (χ2v) is 8.80. The number of anilines is 3. The van der Waals surface area contributed by atoms with Crippen LogP contribution in [-0.2, 0) is 4.79 Å². The van der Waals surface area contributed by atoms with Crippen molar-refractivity contribution < 1.29 is 19.0 Å². The lowest BCUT2D eigenvalue weighted by Crippen LogP contribution is -2.23. The minimum Gasteiger partial charge on any atom is -0.488 e. The van der Waals surface area contributed by atoms with E-state index in [1.54, 1.807) is 12.1 Å². The number of hydrogen-bond acceptors (Lipinski definition) is 7. The Hall–Kier alpha value is -2.98. The number of rotatable bonds is 8. The Labute approximate surface area is 211 Å². The summed E-state index contributed by atoms with van der Waals surface area (Å²) < 4.78 is 20.5. The SMILES string of the molecule is CN1CCCC1/C=C/C(=O)Nc1ccc2ncnc(Nc3ccc(Cl)c(Cl)c3F)c2c1OCCO. The molecule has 1 atom stereocenters. The van der Waals surface area contributed by atoms with Gasteiger partial charge in [0.15, 0.2) is 11.6 Å². The highest BCUT2D eigenvalue weighted by Crippen LogP contribution is 2.39. The van der Waals surface area contributed by atoms with E-state index in [9.17, 15) is 14.3 Å². The first-order chi connectivity index (χ1) is 16.9. The highest BCUT2D eigenvalue weighted by atomic mass is 35.5. The van der Waals surface area contributed by atoms with E-state index in [2.05, 4.69) is 25.5 Å². The van der Waals surface area contributed by atoms with Crippen molar-refractivity contribution in [2.24, 2.45) is 0 Å². The molecule has 3 aromatic rings. The molecule has 1 aliphatic rings. The number of aliphatic hydroxyl groups is 1. The smallest absolute Gasteiger partial charge is 0.248 e. The van der Waals surface area contributed by atoms with Gasteiger partial charge in [0.2, 0.25) is 5.91 Å². The van der Waals surface area contributed by atoms with Gasteiger partial charge in [-0.25, -0.2) is 14.4 Å². The summed E-state index contributed by atoms with van der Waals surface area (Å²) in [5.41, 5.74) is 0.885. The number of benzene rings is 2. The summed E-state index contributed by atoms with van der Waals surface area (Å²) in [7, 11) is 2.02. The average molecular weight is 520 g/mol. The molecule has 0 saturated carbocycles. The molecule has 1 aromatic heterocycles. The van der Waals surface area contributed by atoms with Crippen molar-refractivity contribution in [2.45, 2.75) is 18.9 Å². The van der Waals surface area contributed by atoms with E-state index < -0.39 is 5.82 Å². The lowest BCUT2D eigenvalue weighted by atomic mass is 10.1. The third-order valence-electron chi connectivity index (χ3n) is 5.69. The molecule has 0 spiro atoms. The average Bonchev–Trinajstić information content (AvgIpc) is 3.27. The van der Waals surface area contributed by atoms with Gasteiger partial charge in [0.05, 0.1) is 38.9 Å². The monoisotopic (exact) mass is 519 g/mol. The molecular formula is C24H24Cl2FN5O3. The van der Waals surface area contributed by atoms with Crippen LogP contribution in [0.15, 0.2) is 42.7 Å². The maximum Gasteiger partial charge on any atom is 0.248 e. The van der Waals surface area contributed by atoms with E-state index >= 15 is 0 Å². The molecule has 1 aliphatic heterocycles. The van der Waals surface area contributed by atoms with Gasteiger partial charge in [-0.1, -0.05) is 29.3 Å². The predicted octanol–water partition coefficient (Wildman–Crippen LogP) is 4.78. The van der Waals surface area contributed by atoms with Crippen molar-refractivity contribution in [2.75, 3.05) is 37.4 Å². The molecule has 3 N–H and O–H groups in total. The molecule has 2 aromatic carbocycles. The van der Waals surface area contributed by atoms with Crippen LogP contribution in [0.3, 0.4) is 0 Å². The van der Waals surface area contributed by atoms with E-state index in [-0.39, 0.29) is 52.5 Å². The number of likely N-dealkylation sites (tertiary alicyclic amines) is 1. The Balaban J connectivity index is 1.70. The van der Waals surface area contributed by atoms with Crippen LogP contribution in [0.5, 0.6) is 5.75 Å². The quantitative estimate of drug-likeness (QED) is 0.291. The van der Waals surface area contributed by atoms with Gasteiger partial charge in [0.1, 0.15) is 18.8 Å². The standard InChI is InChI=1S/C24H24Cl2FN5O3/c1-32-10-2-3-14(32)4-9-19(34)30-18-8-7-16-20(23(18)35-12-11-33)24(29-13-28-16)31-17-6-5-15(25)21(26)22(17)27/h4-9,13-14,33H,2-3,10-12H2,1H3,(H,30,34)(H,28,29,31)/b9-4+. The zero-order valence-electron chi connectivity index (χ0n) is 18.9. The van der Waals surface area contributed by atoms with Crippen LogP contribution in [-0.4, -0.2) is 58.7 Å². The van der Waals surface area contributed by atoms with E-state index in [0.717, 1.165) is 19.4 Å². The number of ether oxygens (including phenoxy) is 1. The molecule has 0 aliphatic carbocycles. The highest BCUT2D eigenvalue weighted by Gasteiger charge is 2.20. The van der Waals surface area contributed by atoms with E-state index in [4.69, 9.17) is 27.9 Å². The summed E-state index contributed by atoms with van der Waals surface area (Å²) in [5.74, 6) is -0.616. The summed E-state index contributed by atoms with van der Waals surface area (Å²) >= 11 is 11.8. The molecule has 1 unspecified atom stereocenters. The minimum atomic E-state index is -0.741. The van der Waals surface area contributed by atoms with Crippen molar-refractivity contribution in [3.8, 4) is 5.75 Å². The molecule has 35 heavy (non-hydrogen) atoms. The maximum absolute atomic E-state index is 14.7. The topological polar surface area (TPSA) is 99.6 Å². The fraction of sp³-hybridized carbons (Fsp3) is 0.292. The van der Waals surface area contributed by atoms with Gasteiger partial charge in [-0.2, -0.15) is 0 Å². The van der Waals surface area contributed by atoms with Gasteiger partial charge in [-0.3, -0.25) is 9.69 Å². The number of amides is 1. The Morgan fingerprint density at radius 3 is 2.83 bits per heavy atom. The first-order valence-electron chi connectivity index (χ1n) is 11.0. The zero-order chi connectivity index (χ0) is 24.9. The van der Waals surface area contributed by atoms with Crippen molar-refractivity contribution in [3.63, 3.8) is 0 Å². The Kier molecular flexibility index (Phi) is 8.02. The molecule has 184 valence electrons. The van der Waals surface area contributed by atoms with Gasteiger partial charge >= 0.3 is 0 Å². The molecule has 0 radical (unpaired) electrons. The second-order valence-electron chi connectivity index (χ2n) is 8.02. The van der Waals surface area contributed by atoms with Gasteiger partial charge in [-0.05, 0) is 50.7 Å². The summed E-state index contributed by atoms with van der Waals surface area (Å²) in [4.78, 5) is 23.4. The number of nitrogens with one attached hydrogen (secondary N) is 2. The van der Waals surface area contributed by atoms with E-state index in [1.165, 1.54) is 24.5 Å². The van der Waals surface area contributed by atoms with Crippen LogP contribution in [0.4, 0.5) is 21.6 Å². The zero-order valence-corrected chi connectivity index (χ0v) is 20.4. The van der Waals surface area contributed by atoms with E-state index in [0.29, 0.717) is 16.6 Å². The second kappa shape index (κ2) is 11.2. The Morgan fingerprint density at radius 1 is 1.29 bits per heavy atom. The van der Waals surface area contributed by atoms with E-state index in [1.807, 2.05) is 13.1 Å². The predicted molar refractivity (Wildman–Crippen MR) is 135 cm³/mol. The largest absolute Gasteiger partial charge is 0.488 e. The number of halogens is 3. The number of likely N-dealkylation sites (N-methyl/N-ethyl adjacent to an activating group) is 1. The van der Waals surface area contributed by atoms with Crippen LogP contribution in [0, 0.1) is 5.82 Å². The number of carbonyl (C=O) groups excluding carboxylic acids is 1. The number of carbonyl (C=O) groups is 1. The maximum atomic E-state index is 14.7. The van der Waals surface area contributed by atoms with Crippen LogP contribution in [0.1, 0.15) is 12.8 Å². The summed E-state index contributed by atoms with van der Waals surface area (Å²) in [6, 6.07) is 6.44. The normalized spacial score (nSPS) is 16.2. The highest BCUT2D eigenvalue weighted by molar-refractivity contribution is 6.42. The molecule has 1 amide bonds. The van der Waals surface area contributed by atoms with Gasteiger partial charge < -0.3 is 20.5 Å². The van der Waals surface area contributed by atoms with Crippen molar-refractivity contribution in [3.05, 3.63) is 58.6 Å². The number of nitrogens with zero attached hydrogens (tertiary/aromatic N) is 3. The van der Waals surface area contributed by atoms with Crippen LogP contribution in [0.2, 0.25) is 10.0 Å². The number of aromatic nitrogens is 2. The van der Waals surface area contributed by atoms with Crippen molar-refractivity contribution >= 4 is 57.2 Å². The molecule has 11 heteroatoms. The van der Waals surface area contributed by atoms with Crippen molar-refractivity contribution in [1.29, 1.82) is 0 Å².